The highest BCUT2D eigenvalue weighted by Crippen LogP contribution is 2.20. The molecule has 9 heteroatoms. The van der Waals surface area contributed by atoms with E-state index < -0.39 is 0 Å². The Morgan fingerprint density at radius 2 is 1.87 bits per heavy atom. The van der Waals surface area contributed by atoms with Crippen LogP contribution < -0.4 is 16.2 Å². The zero-order chi connectivity index (χ0) is 21.3. The van der Waals surface area contributed by atoms with Crippen molar-refractivity contribution in [2.75, 3.05) is 10.6 Å². The van der Waals surface area contributed by atoms with Gasteiger partial charge in [-0.15, -0.1) is 0 Å². The van der Waals surface area contributed by atoms with E-state index in [1.165, 1.54) is 10.6 Å². The third-order valence-electron chi connectivity index (χ3n) is 4.56. The number of aromatic amines is 1. The number of rotatable bonds is 5. The molecular formula is C21H19ClN6O2. The van der Waals surface area contributed by atoms with Crippen molar-refractivity contribution in [3.63, 3.8) is 0 Å². The standard InChI is InChI=1S/C21H19ClN6O2/c1-12-3-8-16(10-17(12)22)25-19(30)15-6-4-14(5-7-15)11-23-20-26-21-24-13(2)9-18(29)28(21)27-20/h3-10H,11H2,1-2H3,(H,25,30)(H2,23,24,26,27). The first kappa shape index (κ1) is 19.7. The van der Waals surface area contributed by atoms with Crippen molar-refractivity contribution in [2.24, 2.45) is 0 Å². The molecule has 0 saturated heterocycles. The van der Waals surface area contributed by atoms with Crippen molar-refractivity contribution in [3.05, 3.63) is 86.3 Å². The first-order valence-corrected chi connectivity index (χ1v) is 9.63. The van der Waals surface area contributed by atoms with Gasteiger partial charge in [-0.3, -0.25) is 14.7 Å². The van der Waals surface area contributed by atoms with E-state index in [2.05, 4.69) is 25.7 Å². The van der Waals surface area contributed by atoms with Crippen LogP contribution in [0, 0.1) is 13.8 Å². The summed E-state index contributed by atoms with van der Waals surface area (Å²) in [7, 11) is 0. The molecule has 0 aliphatic carbocycles. The summed E-state index contributed by atoms with van der Waals surface area (Å²) in [4.78, 5) is 32.9. The topological polar surface area (TPSA) is 104 Å². The lowest BCUT2D eigenvalue weighted by Crippen LogP contribution is -2.14. The van der Waals surface area contributed by atoms with E-state index in [1.54, 1.807) is 25.1 Å². The number of aromatic nitrogens is 4. The molecule has 8 nitrogen and oxygen atoms in total. The quantitative estimate of drug-likeness (QED) is 0.456. The first-order valence-electron chi connectivity index (χ1n) is 9.26. The van der Waals surface area contributed by atoms with Gasteiger partial charge in [-0.05, 0) is 49.2 Å². The number of hydrogen-bond donors (Lipinski definition) is 3. The Kier molecular flexibility index (Phi) is 5.24. The number of amides is 1. The first-order chi connectivity index (χ1) is 14.4. The van der Waals surface area contributed by atoms with Gasteiger partial charge in [0.15, 0.2) is 0 Å². The lowest BCUT2D eigenvalue weighted by Gasteiger charge is -2.08. The fourth-order valence-electron chi connectivity index (χ4n) is 2.91. The van der Waals surface area contributed by atoms with Gasteiger partial charge in [0, 0.05) is 34.6 Å². The Balaban J connectivity index is 1.41. The summed E-state index contributed by atoms with van der Waals surface area (Å²) in [6, 6.07) is 14.0. The minimum absolute atomic E-state index is 0.215. The van der Waals surface area contributed by atoms with E-state index in [-0.39, 0.29) is 11.5 Å². The molecule has 2 aromatic heterocycles. The molecule has 0 aliphatic heterocycles. The second-order valence-corrected chi connectivity index (χ2v) is 7.32. The molecule has 0 spiro atoms. The smallest absolute Gasteiger partial charge is 0.274 e. The van der Waals surface area contributed by atoms with Crippen LogP contribution in [0.25, 0.3) is 5.78 Å². The molecule has 0 fully saturated rings. The second kappa shape index (κ2) is 8.00. The van der Waals surface area contributed by atoms with Crippen LogP contribution in [0.4, 0.5) is 11.6 Å². The number of nitrogens with one attached hydrogen (secondary N) is 3. The van der Waals surface area contributed by atoms with Crippen LogP contribution in [0.1, 0.15) is 27.2 Å². The molecule has 30 heavy (non-hydrogen) atoms. The molecule has 0 unspecified atom stereocenters. The summed E-state index contributed by atoms with van der Waals surface area (Å²) in [5.41, 5.74) is 3.47. The van der Waals surface area contributed by atoms with E-state index in [0.29, 0.717) is 40.2 Å². The number of hydrogen-bond acceptors (Lipinski definition) is 5. The van der Waals surface area contributed by atoms with Gasteiger partial charge in [0.2, 0.25) is 5.95 Å². The number of benzene rings is 2. The minimum Gasteiger partial charge on any atom is -0.351 e. The van der Waals surface area contributed by atoms with Gasteiger partial charge in [-0.1, -0.05) is 29.8 Å². The van der Waals surface area contributed by atoms with Gasteiger partial charge in [0.1, 0.15) is 0 Å². The Bertz CT molecular complexity index is 1290. The van der Waals surface area contributed by atoms with Crippen LogP contribution >= 0.6 is 11.6 Å². The molecule has 4 aromatic rings. The van der Waals surface area contributed by atoms with Gasteiger partial charge in [0.25, 0.3) is 17.2 Å². The molecule has 3 N–H and O–H groups in total. The Morgan fingerprint density at radius 1 is 1.10 bits per heavy atom. The minimum atomic E-state index is -0.219. The number of anilines is 2. The van der Waals surface area contributed by atoms with Gasteiger partial charge in [-0.25, -0.2) is 4.98 Å². The van der Waals surface area contributed by atoms with E-state index in [0.717, 1.165) is 11.1 Å². The molecule has 0 aliphatic rings. The average molecular weight is 423 g/mol. The van der Waals surface area contributed by atoms with Crippen LogP contribution in [0.15, 0.2) is 53.3 Å². The monoisotopic (exact) mass is 422 g/mol. The van der Waals surface area contributed by atoms with Crippen molar-refractivity contribution in [1.82, 2.24) is 19.6 Å². The molecule has 0 radical (unpaired) electrons. The highest BCUT2D eigenvalue weighted by Gasteiger charge is 2.09. The summed E-state index contributed by atoms with van der Waals surface area (Å²) < 4.78 is 1.28. The summed E-state index contributed by atoms with van der Waals surface area (Å²) in [6.45, 7) is 4.11. The number of fused-ring (bicyclic) bond motifs is 1. The van der Waals surface area contributed by atoms with Crippen LogP contribution in [0.2, 0.25) is 5.02 Å². The average Bonchev–Trinajstić information content (AvgIpc) is 3.13. The van der Waals surface area contributed by atoms with Crippen molar-refractivity contribution < 1.29 is 4.79 Å². The van der Waals surface area contributed by atoms with Crippen LogP contribution in [0.3, 0.4) is 0 Å². The van der Waals surface area contributed by atoms with Crippen LogP contribution in [-0.4, -0.2) is 25.5 Å². The van der Waals surface area contributed by atoms with Crippen LogP contribution in [0.5, 0.6) is 0 Å². The highest BCUT2D eigenvalue weighted by atomic mass is 35.5. The number of carbonyl (C=O) groups is 1. The summed E-state index contributed by atoms with van der Waals surface area (Å²) in [5, 5.41) is 9.43. The third-order valence-corrected chi connectivity index (χ3v) is 4.97. The number of halogens is 1. The van der Waals surface area contributed by atoms with Crippen molar-refractivity contribution in [3.8, 4) is 0 Å². The second-order valence-electron chi connectivity index (χ2n) is 6.91. The number of H-pyrrole nitrogens is 1. The normalized spacial score (nSPS) is 10.9. The van der Waals surface area contributed by atoms with Gasteiger partial charge < -0.3 is 10.6 Å². The highest BCUT2D eigenvalue weighted by molar-refractivity contribution is 6.31. The fourth-order valence-corrected chi connectivity index (χ4v) is 3.09. The Hall–Kier alpha value is -3.65. The lowest BCUT2D eigenvalue weighted by atomic mass is 10.1. The largest absolute Gasteiger partial charge is 0.351 e. The Labute approximate surface area is 176 Å². The molecule has 152 valence electrons. The predicted octanol–water partition coefficient (Wildman–Crippen LogP) is 3.55. The molecule has 2 heterocycles. The molecule has 0 bridgehead atoms. The third kappa shape index (κ3) is 4.18. The van der Waals surface area contributed by atoms with Crippen molar-refractivity contribution in [1.29, 1.82) is 0 Å². The van der Waals surface area contributed by atoms with Gasteiger partial charge in [0.05, 0.1) is 0 Å². The van der Waals surface area contributed by atoms with E-state index >= 15 is 0 Å². The molecule has 2 aromatic carbocycles. The van der Waals surface area contributed by atoms with E-state index in [9.17, 15) is 9.59 Å². The van der Waals surface area contributed by atoms with Gasteiger partial charge in [-0.2, -0.15) is 9.50 Å². The maximum absolute atomic E-state index is 12.4. The maximum Gasteiger partial charge on any atom is 0.274 e. The summed E-state index contributed by atoms with van der Waals surface area (Å²) >= 11 is 6.10. The zero-order valence-corrected chi connectivity index (χ0v) is 17.1. The maximum atomic E-state index is 12.4. The molecule has 0 saturated carbocycles. The molecule has 0 atom stereocenters. The number of aryl methyl sites for hydroxylation is 2. The summed E-state index contributed by atoms with van der Waals surface area (Å²) in [6.07, 6.45) is 0. The fraction of sp³-hybridized carbons (Fsp3) is 0.143. The molecular weight excluding hydrogens is 404 g/mol. The molecule has 1 amide bonds. The van der Waals surface area contributed by atoms with E-state index in [1.807, 2.05) is 31.2 Å². The van der Waals surface area contributed by atoms with Crippen molar-refractivity contribution >= 4 is 34.9 Å². The zero-order valence-electron chi connectivity index (χ0n) is 16.4. The van der Waals surface area contributed by atoms with Gasteiger partial charge >= 0.3 is 0 Å². The predicted molar refractivity (Wildman–Crippen MR) is 116 cm³/mol. The van der Waals surface area contributed by atoms with E-state index in [4.69, 9.17) is 11.6 Å². The summed E-state index contributed by atoms with van der Waals surface area (Å²) in [5.74, 6) is 0.529. The lowest BCUT2D eigenvalue weighted by molar-refractivity contribution is 0.102. The molecule has 4 rings (SSSR count). The van der Waals surface area contributed by atoms with Crippen LogP contribution in [-0.2, 0) is 6.54 Å². The SMILES string of the molecule is Cc1cc(=O)n2[nH]c(NCc3ccc(C(=O)Nc4ccc(C)c(Cl)c4)cc3)nc2n1. The number of carbonyl (C=O) groups excluding carboxylic acids is 1. The Morgan fingerprint density at radius 3 is 2.60 bits per heavy atom. The van der Waals surface area contributed by atoms with Crippen molar-refractivity contribution in [2.45, 2.75) is 20.4 Å². The number of nitrogens with zero attached hydrogens (tertiary/aromatic N) is 3.